The molecule has 0 bridgehead atoms. The van der Waals surface area contributed by atoms with E-state index in [9.17, 15) is 9.59 Å². The lowest BCUT2D eigenvalue weighted by atomic mass is 9.92. The van der Waals surface area contributed by atoms with Gasteiger partial charge >= 0.3 is 0 Å². The Balaban J connectivity index is 1.47. The van der Waals surface area contributed by atoms with Gasteiger partial charge in [-0.3, -0.25) is 14.5 Å². The number of allylic oxidation sites excluding steroid dienone is 1. The van der Waals surface area contributed by atoms with Gasteiger partial charge in [0.25, 0.3) is 11.8 Å². The highest BCUT2D eigenvalue weighted by molar-refractivity contribution is 6.06. The number of amides is 2. The van der Waals surface area contributed by atoms with Gasteiger partial charge in [-0.2, -0.15) is 0 Å². The minimum Gasteiger partial charge on any atom is -0.381 e. The molecule has 0 aromatic heterocycles. The predicted octanol–water partition coefficient (Wildman–Crippen LogP) is 5.05. The first-order valence-electron chi connectivity index (χ1n) is 15.8. The second-order valence-corrected chi connectivity index (χ2v) is 11.8. The Morgan fingerprint density at radius 2 is 1.70 bits per heavy atom. The predicted molar refractivity (Wildman–Crippen MR) is 172 cm³/mol. The maximum atomic E-state index is 13.9. The highest BCUT2D eigenvalue weighted by Crippen LogP contribution is 2.35. The van der Waals surface area contributed by atoms with Crippen molar-refractivity contribution in [2.24, 2.45) is 10.9 Å². The van der Waals surface area contributed by atoms with Crippen molar-refractivity contribution in [1.29, 1.82) is 0 Å². The van der Waals surface area contributed by atoms with Gasteiger partial charge < -0.3 is 19.7 Å². The number of nitrogens with zero attached hydrogens (tertiary/aromatic N) is 3. The average Bonchev–Trinajstić information content (AvgIpc) is 3.02. The fourth-order valence-electron chi connectivity index (χ4n) is 6.54. The van der Waals surface area contributed by atoms with Gasteiger partial charge in [-0.1, -0.05) is 36.8 Å². The zero-order valence-electron chi connectivity index (χ0n) is 26.2. The summed E-state index contributed by atoms with van der Waals surface area (Å²) in [6.45, 7) is 15.0. The number of benzene rings is 2. The van der Waals surface area contributed by atoms with Crippen LogP contribution in [0.1, 0.15) is 62.0 Å². The zero-order valence-corrected chi connectivity index (χ0v) is 26.2. The first-order valence-corrected chi connectivity index (χ1v) is 15.8. The molecule has 3 aliphatic rings. The van der Waals surface area contributed by atoms with Crippen molar-refractivity contribution >= 4 is 23.2 Å². The molecule has 2 amide bonds. The van der Waals surface area contributed by atoms with Crippen LogP contribution in [0.5, 0.6) is 0 Å². The molecule has 2 fully saturated rings. The second-order valence-electron chi connectivity index (χ2n) is 11.8. The molecule has 1 atom stereocenters. The number of anilines is 1. The molecule has 0 saturated carbocycles. The summed E-state index contributed by atoms with van der Waals surface area (Å²) in [7, 11) is 0. The summed E-state index contributed by atoms with van der Waals surface area (Å²) in [5.74, 6) is -0.788. The summed E-state index contributed by atoms with van der Waals surface area (Å²) in [6.07, 6.45) is 4.58. The Hall–Kier alpha value is -3.33. The average molecular weight is 587 g/mol. The summed E-state index contributed by atoms with van der Waals surface area (Å²) in [6, 6.07) is 13.4. The minimum atomic E-state index is -0.436. The van der Waals surface area contributed by atoms with Crippen LogP contribution in [0, 0.1) is 5.92 Å². The van der Waals surface area contributed by atoms with Gasteiger partial charge in [-0.05, 0) is 80.5 Å². The monoisotopic (exact) mass is 586 g/mol. The molecule has 2 aromatic carbocycles. The molecule has 1 unspecified atom stereocenters. The Bertz CT molecular complexity index is 1350. The largest absolute Gasteiger partial charge is 0.381 e. The number of dihydropyridines is 1. The third-order valence-electron chi connectivity index (χ3n) is 8.94. The summed E-state index contributed by atoms with van der Waals surface area (Å²) >= 11 is 0. The van der Waals surface area contributed by atoms with E-state index in [4.69, 9.17) is 9.47 Å². The van der Waals surface area contributed by atoms with Gasteiger partial charge in [0.1, 0.15) is 0 Å². The van der Waals surface area contributed by atoms with E-state index in [1.165, 1.54) is 5.56 Å². The van der Waals surface area contributed by atoms with Gasteiger partial charge in [0.05, 0.1) is 19.1 Å². The number of hydrogen-bond donors (Lipinski definition) is 1. The SMILES string of the molecule is CCc1c(C(=O)NCC2C(=O)N=C(C)C=C2C)cc(-c2ccc(CN3CCOCC3)cc2)cc1N(CC)C1CCOCC1. The minimum absolute atomic E-state index is 0.154. The van der Waals surface area contributed by atoms with Crippen LogP contribution in [-0.4, -0.2) is 81.1 Å². The van der Waals surface area contributed by atoms with Gasteiger partial charge in [0, 0.05) is 68.9 Å². The summed E-state index contributed by atoms with van der Waals surface area (Å²) in [4.78, 5) is 35.5. The molecule has 2 aromatic rings. The smallest absolute Gasteiger partial charge is 0.254 e. The van der Waals surface area contributed by atoms with Crippen LogP contribution in [0.25, 0.3) is 11.1 Å². The third-order valence-corrected chi connectivity index (χ3v) is 8.94. The van der Waals surface area contributed by atoms with E-state index in [0.29, 0.717) is 17.3 Å². The molecule has 0 spiro atoms. The van der Waals surface area contributed by atoms with Crippen molar-refractivity contribution < 1.29 is 19.1 Å². The van der Waals surface area contributed by atoms with Gasteiger partial charge in [-0.25, -0.2) is 4.99 Å². The normalized spacial score (nSPS) is 20.0. The summed E-state index contributed by atoms with van der Waals surface area (Å²) < 4.78 is 11.2. The fourth-order valence-corrected chi connectivity index (χ4v) is 6.54. The second kappa shape index (κ2) is 14.4. The molecule has 3 aliphatic heterocycles. The number of hydrogen-bond acceptors (Lipinski definition) is 6. The maximum Gasteiger partial charge on any atom is 0.254 e. The van der Waals surface area contributed by atoms with Gasteiger partial charge in [-0.15, -0.1) is 0 Å². The van der Waals surface area contributed by atoms with E-state index in [-0.39, 0.29) is 18.4 Å². The molecule has 1 N–H and O–H groups in total. The molecule has 230 valence electrons. The van der Waals surface area contributed by atoms with Crippen LogP contribution < -0.4 is 10.2 Å². The molecular formula is C35H46N4O4. The Kier molecular flexibility index (Phi) is 10.4. The molecule has 8 nitrogen and oxygen atoms in total. The van der Waals surface area contributed by atoms with E-state index in [1.54, 1.807) is 0 Å². The van der Waals surface area contributed by atoms with Crippen LogP contribution in [0.15, 0.2) is 53.0 Å². The molecule has 43 heavy (non-hydrogen) atoms. The van der Waals surface area contributed by atoms with Crippen molar-refractivity contribution in [3.8, 4) is 11.1 Å². The van der Waals surface area contributed by atoms with E-state index in [2.05, 4.69) is 64.3 Å². The highest BCUT2D eigenvalue weighted by Gasteiger charge is 2.28. The zero-order chi connectivity index (χ0) is 30.3. The van der Waals surface area contributed by atoms with Gasteiger partial charge in [0.2, 0.25) is 0 Å². The number of ether oxygens (including phenoxy) is 2. The molecule has 0 radical (unpaired) electrons. The summed E-state index contributed by atoms with van der Waals surface area (Å²) in [5, 5.41) is 3.09. The lowest BCUT2D eigenvalue weighted by molar-refractivity contribution is -0.120. The topological polar surface area (TPSA) is 83.5 Å². The Morgan fingerprint density at radius 1 is 1.00 bits per heavy atom. The standard InChI is InChI=1S/C35H46N4O4/c1-5-30-31(34(40)36-22-32-24(3)19-25(4)37-35(32)41)20-28(21-33(30)39(6-2)29-11-15-42-16-12-29)27-9-7-26(8-10-27)23-38-13-17-43-18-14-38/h7-10,19-21,29,32H,5-6,11-18,22-23H2,1-4H3,(H,36,40). The number of carbonyl (C=O) groups excluding carboxylic acids is 2. The van der Waals surface area contributed by atoms with Crippen molar-refractivity contribution in [2.45, 2.75) is 59.5 Å². The third kappa shape index (κ3) is 7.43. The molecular weight excluding hydrogens is 540 g/mol. The van der Waals surface area contributed by atoms with E-state index < -0.39 is 5.92 Å². The first-order chi connectivity index (χ1) is 20.9. The van der Waals surface area contributed by atoms with Crippen LogP contribution in [0.2, 0.25) is 0 Å². The van der Waals surface area contributed by atoms with Gasteiger partial charge in [0.15, 0.2) is 0 Å². The van der Waals surface area contributed by atoms with Crippen molar-refractivity contribution in [2.75, 3.05) is 57.5 Å². The first kappa shape index (κ1) is 31.1. The number of carbonyl (C=O) groups is 2. The number of rotatable bonds is 10. The number of aliphatic imine (C=N–C) groups is 1. The highest BCUT2D eigenvalue weighted by atomic mass is 16.5. The number of morpholine rings is 1. The summed E-state index contributed by atoms with van der Waals surface area (Å²) in [5.41, 5.74) is 7.82. The molecule has 5 rings (SSSR count). The molecule has 0 aliphatic carbocycles. The lowest BCUT2D eigenvalue weighted by Gasteiger charge is -2.37. The molecule has 2 saturated heterocycles. The van der Waals surface area contributed by atoms with Crippen LogP contribution in [0.4, 0.5) is 5.69 Å². The molecule has 8 heteroatoms. The Labute approximate surface area is 256 Å². The van der Waals surface area contributed by atoms with Crippen molar-refractivity contribution in [1.82, 2.24) is 10.2 Å². The van der Waals surface area contributed by atoms with Crippen LogP contribution >= 0.6 is 0 Å². The van der Waals surface area contributed by atoms with E-state index >= 15 is 0 Å². The maximum absolute atomic E-state index is 13.9. The Morgan fingerprint density at radius 3 is 2.35 bits per heavy atom. The number of nitrogens with one attached hydrogen (secondary N) is 1. The fraction of sp³-hybridized carbons (Fsp3) is 0.514. The lowest BCUT2D eigenvalue weighted by Crippen LogP contribution is -2.40. The quantitative estimate of drug-likeness (QED) is 0.420. The van der Waals surface area contributed by atoms with E-state index in [1.807, 2.05) is 26.0 Å². The molecule has 3 heterocycles. The van der Waals surface area contributed by atoms with E-state index in [0.717, 1.165) is 99.8 Å². The van der Waals surface area contributed by atoms with Crippen LogP contribution in [0.3, 0.4) is 0 Å². The van der Waals surface area contributed by atoms with Crippen molar-refractivity contribution in [3.63, 3.8) is 0 Å². The van der Waals surface area contributed by atoms with Crippen molar-refractivity contribution in [3.05, 3.63) is 64.7 Å². The van der Waals surface area contributed by atoms with Crippen LogP contribution in [-0.2, 0) is 27.2 Å².